The Balaban J connectivity index is 1.62. The van der Waals surface area contributed by atoms with Crippen LogP contribution in [0.1, 0.15) is 51.9 Å². The molecule has 2 atom stereocenters. The number of unbranched alkanes of at least 4 members (excludes halogenated alkanes) is 4. The standard InChI is InChI=1S/C14H23N3O2S/c1-2-3-4-5-6-7-11-8-12(19-13(11)18)9-20-14-15-10-16-17-14/h10-12H,2-9H2,1H3,(H,15,16,17)/t11-,12+/m0/s1. The van der Waals surface area contributed by atoms with Crippen LogP contribution in [0.4, 0.5) is 0 Å². The number of hydrogen-bond acceptors (Lipinski definition) is 5. The molecule has 1 aliphatic rings. The highest BCUT2D eigenvalue weighted by molar-refractivity contribution is 7.99. The van der Waals surface area contributed by atoms with Crippen molar-refractivity contribution in [2.45, 2.75) is 63.1 Å². The Morgan fingerprint density at radius 1 is 1.40 bits per heavy atom. The number of ether oxygens (including phenoxy) is 1. The van der Waals surface area contributed by atoms with Crippen LogP contribution in [0.15, 0.2) is 11.5 Å². The van der Waals surface area contributed by atoms with Crippen molar-refractivity contribution in [3.63, 3.8) is 0 Å². The Hall–Kier alpha value is -1.04. The fraction of sp³-hybridized carbons (Fsp3) is 0.786. The monoisotopic (exact) mass is 297 g/mol. The largest absolute Gasteiger partial charge is 0.461 e. The Kier molecular flexibility index (Phi) is 6.36. The van der Waals surface area contributed by atoms with E-state index in [0.29, 0.717) is 0 Å². The summed E-state index contributed by atoms with van der Waals surface area (Å²) in [6, 6.07) is 0. The van der Waals surface area contributed by atoms with Gasteiger partial charge >= 0.3 is 5.97 Å². The first-order chi connectivity index (χ1) is 9.79. The molecule has 1 aromatic heterocycles. The molecule has 1 fully saturated rings. The second-order valence-corrected chi connectivity index (χ2v) is 6.30. The molecule has 0 aliphatic carbocycles. The Morgan fingerprint density at radius 2 is 2.25 bits per heavy atom. The molecule has 0 saturated carbocycles. The van der Waals surface area contributed by atoms with Crippen LogP contribution < -0.4 is 0 Å². The Bertz CT molecular complexity index is 397. The van der Waals surface area contributed by atoms with E-state index in [9.17, 15) is 4.79 Å². The quantitative estimate of drug-likeness (QED) is 0.431. The molecule has 2 rings (SSSR count). The normalized spacial score (nSPS) is 22.1. The molecule has 1 saturated heterocycles. The molecule has 0 radical (unpaired) electrons. The fourth-order valence-electron chi connectivity index (χ4n) is 2.49. The lowest BCUT2D eigenvalue weighted by Gasteiger charge is -2.06. The van der Waals surface area contributed by atoms with Crippen molar-refractivity contribution >= 4 is 17.7 Å². The highest BCUT2D eigenvalue weighted by Gasteiger charge is 2.33. The summed E-state index contributed by atoms with van der Waals surface area (Å²) >= 11 is 1.56. The lowest BCUT2D eigenvalue weighted by atomic mass is 9.97. The van der Waals surface area contributed by atoms with Crippen LogP contribution in [0, 0.1) is 5.92 Å². The summed E-state index contributed by atoms with van der Waals surface area (Å²) in [6.07, 6.45) is 9.55. The van der Waals surface area contributed by atoms with Crippen LogP contribution in [0.3, 0.4) is 0 Å². The van der Waals surface area contributed by atoms with E-state index >= 15 is 0 Å². The number of H-pyrrole nitrogens is 1. The number of aromatic nitrogens is 3. The van der Waals surface area contributed by atoms with E-state index in [-0.39, 0.29) is 18.0 Å². The number of carbonyl (C=O) groups is 1. The number of carbonyl (C=O) groups excluding carboxylic acids is 1. The second kappa shape index (κ2) is 8.29. The molecule has 2 heterocycles. The molecule has 1 aliphatic heterocycles. The van der Waals surface area contributed by atoms with Crippen molar-refractivity contribution in [2.24, 2.45) is 5.92 Å². The molecule has 1 N–H and O–H groups in total. The molecule has 5 nitrogen and oxygen atoms in total. The van der Waals surface area contributed by atoms with Gasteiger partial charge in [-0.05, 0) is 12.8 Å². The van der Waals surface area contributed by atoms with Crippen LogP contribution >= 0.6 is 11.8 Å². The number of aromatic amines is 1. The third kappa shape index (κ3) is 4.81. The summed E-state index contributed by atoms with van der Waals surface area (Å²) in [7, 11) is 0. The van der Waals surface area contributed by atoms with E-state index in [4.69, 9.17) is 4.74 Å². The van der Waals surface area contributed by atoms with Gasteiger partial charge in [-0.1, -0.05) is 50.8 Å². The zero-order chi connectivity index (χ0) is 14.2. The van der Waals surface area contributed by atoms with E-state index in [2.05, 4.69) is 22.1 Å². The molecule has 20 heavy (non-hydrogen) atoms. The highest BCUT2D eigenvalue weighted by Crippen LogP contribution is 2.29. The maximum atomic E-state index is 11.8. The van der Waals surface area contributed by atoms with Gasteiger partial charge in [-0.2, -0.15) is 5.10 Å². The molecule has 6 heteroatoms. The number of thioether (sulfide) groups is 1. The number of hydrogen-bond donors (Lipinski definition) is 1. The summed E-state index contributed by atoms with van der Waals surface area (Å²) in [4.78, 5) is 15.8. The van der Waals surface area contributed by atoms with E-state index in [1.165, 1.54) is 32.0 Å². The summed E-state index contributed by atoms with van der Waals surface area (Å²) in [6.45, 7) is 2.21. The van der Waals surface area contributed by atoms with Crippen LogP contribution in [0.5, 0.6) is 0 Å². The van der Waals surface area contributed by atoms with E-state index in [0.717, 1.165) is 30.2 Å². The fourth-order valence-corrected chi connectivity index (χ4v) is 3.28. The van der Waals surface area contributed by atoms with E-state index in [1.807, 2.05) is 0 Å². The Labute approximate surface area is 124 Å². The minimum atomic E-state index is -0.0105. The summed E-state index contributed by atoms with van der Waals surface area (Å²) < 4.78 is 5.43. The van der Waals surface area contributed by atoms with Crippen LogP contribution in [-0.2, 0) is 9.53 Å². The molecule has 0 bridgehead atoms. The van der Waals surface area contributed by atoms with Gasteiger partial charge in [-0.15, -0.1) is 0 Å². The third-order valence-electron chi connectivity index (χ3n) is 3.62. The predicted octanol–water partition coefficient (Wildman–Crippen LogP) is 3.19. The average molecular weight is 297 g/mol. The molecular weight excluding hydrogens is 274 g/mol. The van der Waals surface area contributed by atoms with Gasteiger partial charge in [0.05, 0.1) is 5.92 Å². The maximum Gasteiger partial charge on any atom is 0.309 e. The van der Waals surface area contributed by atoms with Gasteiger partial charge in [0.25, 0.3) is 0 Å². The molecule has 112 valence electrons. The van der Waals surface area contributed by atoms with Crippen LogP contribution in [0.25, 0.3) is 0 Å². The SMILES string of the molecule is CCCCCCC[C@H]1C[C@H](CSc2ncn[nH]2)OC1=O. The molecule has 1 aromatic rings. The van der Waals surface area contributed by atoms with E-state index in [1.54, 1.807) is 11.8 Å². The molecule has 0 aromatic carbocycles. The number of nitrogens with one attached hydrogen (secondary N) is 1. The van der Waals surface area contributed by atoms with Gasteiger partial charge in [-0.25, -0.2) is 4.98 Å². The van der Waals surface area contributed by atoms with Gasteiger partial charge in [-0.3, -0.25) is 9.89 Å². The first-order valence-electron chi connectivity index (χ1n) is 7.48. The summed E-state index contributed by atoms with van der Waals surface area (Å²) in [5, 5.41) is 7.38. The minimum absolute atomic E-state index is 0.0105. The smallest absolute Gasteiger partial charge is 0.309 e. The van der Waals surface area contributed by atoms with Crippen molar-refractivity contribution < 1.29 is 9.53 Å². The number of esters is 1. The van der Waals surface area contributed by atoms with Gasteiger partial charge in [0.2, 0.25) is 0 Å². The lowest BCUT2D eigenvalue weighted by Crippen LogP contribution is -2.09. The topological polar surface area (TPSA) is 67.9 Å². The lowest BCUT2D eigenvalue weighted by molar-refractivity contribution is -0.143. The molecule has 0 amide bonds. The summed E-state index contributed by atoms with van der Waals surface area (Å²) in [5.74, 6) is 0.855. The van der Waals surface area contributed by atoms with Crippen molar-refractivity contribution in [1.29, 1.82) is 0 Å². The molecular formula is C14H23N3O2S. The summed E-state index contributed by atoms with van der Waals surface area (Å²) in [5.41, 5.74) is 0. The molecule has 0 unspecified atom stereocenters. The van der Waals surface area contributed by atoms with Gasteiger partial charge in [0.1, 0.15) is 12.4 Å². The van der Waals surface area contributed by atoms with Crippen molar-refractivity contribution in [3.05, 3.63) is 6.33 Å². The number of nitrogens with zero attached hydrogens (tertiary/aromatic N) is 2. The van der Waals surface area contributed by atoms with Crippen molar-refractivity contribution in [3.8, 4) is 0 Å². The van der Waals surface area contributed by atoms with Gasteiger partial charge in [0.15, 0.2) is 5.16 Å². The van der Waals surface area contributed by atoms with E-state index < -0.39 is 0 Å². The first-order valence-corrected chi connectivity index (χ1v) is 8.46. The van der Waals surface area contributed by atoms with Gasteiger partial charge in [0, 0.05) is 5.75 Å². The number of rotatable bonds is 9. The van der Waals surface area contributed by atoms with Crippen LogP contribution in [0.2, 0.25) is 0 Å². The second-order valence-electron chi connectivity index (χ2n) is 5.30. The van der Waals surface area contributed by atoms with Crippen molar-refractivity contribution in [1.82, 2.24) is 15.2 Å². The predicted molar refractivity (Wildman–Crippen MR) is 78.5 cm³/mol. The third-order valence-corrected chi connectivity index (χ3v) is 4.63. The zero-order valence-electron chi connectivity index (χ0n) is 12.0. The van der Waals surface area contributed by atoms with Crippen molar-refractivity contribution in [2.75, 3.05) is 5.75 Å². The first kappa shape index (κ1) is 15.4. The maximum absolute atomic E-state index is 11.8. The average Bonchev–Trinajstić information content (AvgIpc) is 3.06. The Morgan fingerprint density at radius 3 is 3.00 bits per heavy atom. The zero-order valence-corrected chi connectivity index (χ0v) is 12.8. The highest BCUT2D eigenvalue weighted by atomic mass is 32.2. The minimum Gasteiger partial charge on any atom is -0.461 e. The molecule has 0 spiro atoms. The van der Waals surface area contributed by atoms with Gasteiger partial charge < -0.3 is 4.74 Å². The van der Waals surface area contributed by atoms with Crippen LogP contribution in [-0.4, -0.2) is 33.0 Å². The number of cyclic esters (lactones) is 1.